The lowest BCUT2D eigenvalue weighted by molar-refractivity contribution is -0.138. The first-order chi connectivity index (χ1) is 10.5. The van der Waals surface area contributed by atoms with Gasteiger partial charge in [0.15, 0.2) is 0 Å². The number of carbonyl (C=O) groups excluding carboxylic acids is 2. The Bertz CT molecular complexity index is 665. The minimum absolute atomic E-state index is 0.270. The molecule has 0 saturated carbocycles. The maximum Gasteiger partial charge on any atom is 0.339 e. The number of amides is 1. The standard InChI is InChI=1S/C18H19NO3/c1-13-9-7-8-12-15(13)18(21)22-16(17(20)19(2)3)14-10-5-4-6-11-14/h4-12,16H,1-3H3. The van der Waals surface area contributed by atoms with Crippen molar-refractivity contribution in [2.45, 2.75) is 13.0 Å². The van der Waals surface area contributed by atoms with Crippen LogP contribution < -0.4 is 0 Å². The molecule has 2 aromatic rings. The first kappa shape index (κ1) is 15.8. The summed E-state index contributed by atoms with van der Waals surface area (Å²) in [7, 11) is 3.28. The average Bonchev–Trinajstić information content (AvgIpc) is 2.53. The van der Waals surface area contributed by atoms with E-state index in [2.05, 4.69) is 0 Å². The molecule has 22 heavy (non-hydrogen) atoms. The van der Waals surface area contributed by atoms with Crippen LogP contribution in [0.25, 0.3) is 0 Å². The molecule has 1 atom stereocenters. The number of likely N-dealkylation sites (N-methyl/N-ethyl adjacent to an activating group) is 1. The summed E-state index contributed by atoms with van der Waals surface area (Å²) in [6.07, 6.45) is -0.941. The van der Waals surface area contributed by atoms with Gasteiger partial charge < -0.3 is 9.64 Å². The molecular weight excluding hydrogens is 278 g/mol. The predicted octanol–water partition coefficient (Wildman–Crippen LogP) is 2.98. The van der Waals surface area contributed by atoms with Crippen molar-refractivity contribution in [3.63, 3.8) is 0 Å². The van der Waals surface area contributed by atoms with Gasteiger partial charge in [0.2, 0.25) is 6.10 Å². The normalized spacial score (nSPS) is 11.6. The van der Waals surface area contributed by atoms with Gasteiger partial charge in [-0.05, 0) is 18.6 Å². The molecule has 4 heteroatoms. The van der Waals surface area contributed by atoms with Crippen molar-refractivity contribution in [1.29, 1.82) is 0 Å². The van der Waals surface area contributed by atoms with Gasteiger partial charge in [0.1, 0.15) is 0 Å². The second kappa shape index (κ2) is 6.89. The van der Waals surface area contributed by atoms with Gasteiger partial charge in [-0.2, -0.15) is 0 Å². The van der Waals surface area contributed by atoms with Crippen LogP contribution in [0, 0.1) is 6.92 Å². The average molecular weight is 297 g/mol. The molecule has 0 N–H and O–H groups in total. The monoisotopic (exact) mass is 297 g/mol. The minimum Gasteiger partial charge on any atom is -0.444 e. The Balaban J connectivity index is 2.29. The number of esters is 1. The molecule has 1 unspecified atom stereocenters. The Morgan fingerprint density at radius 3 is 2.14 bits per heavy atom. The summed E-state index contributed by atoms with van der Waals surface area (Å²) in [4.78, 5) is 26.1. The van der Waals surface area contributed by atoms with Gasteiger partial charge in [-0.3, -0.25) is 4.79 Å². The number of rotatable bonds is 4. The van der Waals surface area contributed by atoms with Crippen LogP contribution in [0.2, 0.25) is 0 Å². The molecule has 1 amide bonds. The van der Waals surface area contributed by atoms with Gasteiger partial charge in [-0.25, -0.2) is 4.79 Å². The lowest BCUT2D eigenvalue weighted by atomic mass is 10.1. The smallest absolute Gasteiger partial charge is 0.339 e. The number of aryl methyl sites for hydroxylation is 1. The fourth-order valence-electron chi connectivity index (χ4n) is 2.10. The molecule has 0 aromatic heterocycles. The summed E-state index contributed by atoms with van der Waals surface area (Å²) in [5, 5.41) is 0. The molecule has 4 nitrogen and oxygen atoms in total. The summed E-state index contributed by atoms with van der Waals surface area (Å²) in [6, 6.07) is 16.2. The third kappa shape index (κ3) is 3.52. The Labute approximate surface area is 130 Å². The van der Waals surface area contributed by atoms with Crippen LogP contribution in [0.5, 0.6) is 0 Å². The largest absolute Gasteiger partial charge is 0.444 e. The molecule has 2 rings (SSSR count). The van der Waals surface area contributed by atoms with Gasteiger partial charge in [0.05, 0.1) is 5.56 Å². The quantitative estimate of drug-likeness (QED) is 0.815. The second-order valence-electron chi connectivity index (χ2n) is 5.24. The zero-order valence-corrected chi connectivity index (χ0v) is 12.9. The van der Waals surface area contributed by atoms with Gasteiger partial charge >= 0.3 is 5.97 Å². The molecule has 0 bridgehead atoms. The summed E-state index contributed by atoms with van der Waals surface area (Å²) >= 11 is 0. The summed E-state index contributed by atoms with van der Waals surface area (Å²) in [5.41, 5.74) is 1.94. The SMILES string of the molecule is Cc1ccccc1C(=O)OC(C(=O)N(C)C)c1ccccc1. The highest BCUT2D eigenvalue weighted by Crippen LogP contribution is 2.22. The van der Waals surface area contributed by atoms with E-state index in [0.717, 1.165) is 5.56 Å². The zero-order valence-electron chi connectivity index (χ0n) is 12.9. The third-order valence-corrected chi connectivity index (χ3v) is 3.36. The minimum atomic E-state index is -0.941. The highest BCUT2D eigenvalue weighted by molar-refractivity contribution is 5.93. The number of ether oxygens (including phenoxy) is 1. The van der Waals surface area contributed by atoms with Gasteiger partial charge in [-0.1, -0.05) is 48.5 Å². The van der Waals surface area contributed by atoms with Crippen LogP contribution >= 0.6 is 0 Å². The fourth-order valence-corrected chi connectivity index (χ4v) is 2.10. The lowest BCUT2D eigenvalue weighted by Gasteiger charge is -2.21. The van der Waals surface area contributed by atoms with Crippen LogP contribution in [0.1, 0.15) is 27.6 Å². The van der Waals surface area contributed by atoms with Crippen LogP contribution in [-0.2, 0) is 9.53 Å². The Morgan fingerprint density at radius 1 is 0.955 bits per heavy atom. The maximum absolute atomic E-state index is 12.4. The topological polar surface area (TPSA) is 46.6 Å². The van der Waals surface area contributed by atoms with Crippen molar-refractivity contribution in [2.24, 2.45) is 0 Å². The third-order valence-electron chi connectivity index (χ3n) is 3.36. The summed E-state index contributed by atoms with van der Waals surface area (Å²) in [6.45, 7) is 1.84. The van der Waals surface area contributed by atoms with Crippen molar-refractivity contribution in [1.82, 2.24) is 4.90 Å². The van der Waals surface area contributed by atoms with Crippen LogP contribution in [-0.4, -0.2) is 30.9 Å². The van der Waals surface area contributed by atoms with Crippen molar-refractivity contribution < 1.29 is 14.3 Å². The molecule has 114 valence electrons. The summed E-state index contributed by atoms with van der Waals surface area (Å²) < 4.78 is 5.50. The highest BCUT2D eigenvalue weighted by atomic mass is 16.5. The van der Waals surface area contributed by atoms with E-state index in [1.54, 1.807) is 38.4 Å². The van der Waals surface area contributed by atoms with E-state index in [1.807, 2.05) is 37.3 Å². The predicted molar refractivity (Wildman–Crippen MR) is 84.5 cm³/mol. The maximum atomic E-state index is 12.4. The number of benzene rings is 2. The van der Waals surface area contributed by atoms with Crippen molar-refractivity contribution in [3.05, 3.63) is 71.3 Å². The van der Waals surface area contributed by atoms with E-state index in [4.69, 9.17) is 4.74 Å². The van der Waals surface area contributed by atoms with E-state index in [-0.39, 0.29) is 5.91 Å². The lowest BCUT2D eigenvalue weighted by Crippen LogP contribution is -2.31. The molecule has 0 aliphatic rings. The number of nitrogens with zero attached hydrogens (tertiary/aromatic N) is 1. The van der Waals surface area contributed by atoms with Gasteiger partial charge in [0.25, 0.3) is 5.91 Å². The molecule has 0 saturated heterocycles. The molecule has 0 radical (unpaired) electrons. The number of hydrogen-bond acceptors (Lipinski definition) is 3. The molecule has 0 heterocycles. The molecule has 2 aromatic carbocycles. The number of carbonyl (C=O) groups is 2. The molecular formula is C18H19NO3. The highest BCUT2D eigenvalue weighted by Gasteiger charge is 2.27. The van der Waals surface area contributed by atoms with E-state index >= 15 is 0 Å². The Hall–Kier alpha value is -2.62. The Morgan fingerprint density at radius 2 is 1.55 bits per heavy atom. The van der Waals surface area contributed by atoms with Crippen molar-refractivity contribution in [2.75, 3.05) is 14.1 Å². The van der Waals surface area contributed by atoms with Gasteiger partial charge in [0, 0.05) is 19.7 Å². The summed E-state index contributed by atoms with van der Waals surface area (Å²) in [5.74, 6) is -0.768. The van der Waals surface area contributed by atoms with Crippen LogP contribution in [0.3, 0.4) is 0 Å². The first-order valence-electron chi connectivity index (χ1n) is 7.03. The first-order valence-corrected chi connectivity index (χ1v) is 7.03. The van der Waals surface area contributed by atoms with Crippen LogP contribution in [0.4, 0.5) is 0 Å². The fraction of sp³-hybridized carbons (Fsp3) is 0.222. The van der Waals surface area contributed by atoms with Crippen molar-refractivity contribution >= 4 is 11.9 Å². The molecule has 0 aliphatic carbocycles. The van der Waals surface area contributed by atoms with Crippen LogP contribution in [0.15, 0.2) is 54.6 Å². The number of hydrogen-bond donors (Lipinski definition) is 0. The molecule has 0 spiro atoms. The van der Waals surface area contributed by atoms with Crippen molar-refractivity contribution in [3.8, 4) is 0 Å². The van der Waals surface area contributed by atoms with E-state index in [0.29, 0.717) is 11.1 Å². The van der Waals surface area contributed by atoms with Gasteiger partial charge in [-0.15, -0.1) is 0 Å². The van der Waals surface area contributed by atoms with E-state index < -0.39 is 12.1 Å². The molecule has 0 aliphatic heterocycles. The zero-order chi connectivity index (χ0) is 16.1. The molecule has 0 fully saturated rings. The van der Waals surface area contributed by atoms with E-state index in [9.17, 15) is 9.59 Å². The van der Waals surface area contributed by atoms with E-state index in [1.165, 1.54) is 4.90 Å². The Kier molecular flexibility index (Phi) is 4.94. The second-order valence-corrected chi connectivity index (χ2v) is 5.24.